The third-order valence-corrected chi connectivity index (χ3v) is 3.18. The molecule has 0 heterocycles. The van der Waals surface area contributed by atoms with Crippen LogP contribution in [0.15, 0.2) is 30.3 Å². The monoisotopic (exact) mass is 264 g/mol. The molecule has 4 nitrogen and oxygen atoms in total. The van der Waals surface area contributed by atoms with Gasteiger partial charge in [-0.15, -0.1) is 0 Å². The highest BCUT2D eigenvalue weighted by Crippen LogP contribution is 2.06. The van der Waals surface area contributed by atoms with E-state index in [-0.39, 0.29) is 12.5 Å². The van der Waals surface area contributed by atoms with Crippen LogP contribution in [-0.2, 0) is 11.2 Å². The van der Waals surface area contributed by atoms with Crippen molar-refractivity contribution in [1.82, 2.24) is 4.90 Å². The summed E-state index contributed by atoms with van der Waals surface area (Å²) in [6.07, 6.45) is 2.06. The maximum Gasteiger partial charge on any atom is 0.239 e. The maximum absolute atomic E-state index is 12.1. The molecule has 106 valence electrons. The van der Waals surface area contributed by atoms with Gasteiger partial charge >= 0.3 is 0 Å². The van der Waals surface area contributed by atoms with Gasteiger partial charge in [-0.1, -0.05) is 30.3 Å². The van der Waals surface area contributed by atoms with E-state index in [1.54, 1.807) is 4.90 Å². The second-order valence-corrected chi connectivity index (χ2v) is 4.63. The second kappa shape index (κ2) is 8.67. The summed E-state index contributed by atoms with van der Waals surface area (Å²) in [7, 11) is 0. The molecule has 4 heteroatoms. The van der Waals surface area contributed by atoms with Crippen molar-refractivity contribution in [3.05, 3.63) is 35.9 Å². The van der Waals surface area contributed by atoms with E-state index in [0.717, 1.165) is 6.42 Å². The Bertz CT molecular complexity index is 368. The maximum atomic E-state index is 12.1. The van der Waals surface area contributed by atoms with E-state index in [0.29, 0.717) is 25.9 Å². The SMILES string of the molecule is CCN(CCCO)C(=O)C(N)CCc1ccccc1. The van der Waals surface area contributed by atoms with Crippen LogP contribution in [0.1, 0.15) is 25.3 Å². The molecule has 0 radical (unpaired) electrons. The van der Waals surface area contributed by atoms with E-state index < -0.39 is 6.04 Å². The molecule has 0 aliphatic heterocycles. The molecule has 3 N–H and O–H groups in total. The highest BCUT2D eigenvalue weighted by molar-refractivity contribution is 5.81. The van der Waals surface area contributed by atoms with E-state index in [1.165, 1.54) is 5.56 Å². The van der Waals surface area contributed by atoms with Crippen molar-refractivity contribution in [1.29, 1.82) is 0 Å². The van der Waals surface area contributed by atoms with Crippen molar-refractivity contribution >= 4 is 5.91 Å². The molecule has 1 unspecified atom stereocenters. The number of likely N-dealkylation sites (N-methyl/N-ethyl adjacent to an activating group) is 1. The summed E-state index contributed by atoms with van der Waals surface area (Å²) in [6.45, 7) is 3.24. The summed E-state index contributed by atoms with van der Waals surface area (Å²) in [5.41, 5.74) is 7.16. The third-order valence-electron chi connectivity index (χ3n) is 3.18. The number of amides is 1. The number of aliphatic hydroxyl groups excluding tert-OH is 1. The Morgan fingerprint density at radius 3 is 2.63 bits per heavy atom. The predicted molar refractivity (Wildman–Crippen MR) is 76.7 cm³/mol. The van der Waals surface area contributed by atoms with E-state index in [1.807, 2.05) is 37.3 Å². The molecule has 0 aliphatic rings. The molecule has 1 rings (SSSR count). The number of benzene rings is 1. The minimum absolute atomic E-state index is 0.0214. The summed E-state index contributed by atoms with van der Waals surface area (Å²) < 4.78 is 0. The molecule has 0 aliphatic carbocycles. The van der Waals surface area contributed by atoms with Gasteiger partial charge in [-0.25, -0.2) is 0 Å². The van der Waals surface area contributed by atoms with Crippen molar-refractivity contribution in [2.24, 2.45) is 5.73 Å². The van der Waals surface area contributed by atoms with Gasteiger partial charge in [-0.05, 0) is 31.7 Å². The quantitative estimate of drug-likeness (QED) is 0.741. The van der Waals surface area contributed by atoms with Gasteiger partial charge in [-0.2, -0.15) is 0 Å². The van der Waals surface area contributed by atoms with Crippen LogP contribution in [-0.4, -0.2) is 41.7 Å². The molecule has 0 fully saturated rings. The van der Waals surface area contributed by atoms with E-state index in [9.17, 15) is 4.79 Å². The van der Waals surface area contributed by atoms with Crippen molar-refractivity contribution in [3.8, 4) is 0 Å². The zero-order chi connectivity index (χ0) is 14.1. The minimum atomic E-state index is -0.459. The summed E-state index contributed by atoms with van der Waals surface area (Å²) in [5, 5.41) is 8.81. The van der Waals surface area contributed by atoms with E-state index in [2.05, 4.69) is 0 Å². The number of carbonyl (C=O) groups excluding carboxylic acids is 1. The first-order valence-electron chi connectivity index (χ1n) is 6.88. The Labute approximate surface area is 115 Å². The molecule has 0 bridgehead atoms. The number of nitrogens with zero attached hydrogens (tertiary/aromatic N) is 1. The number of nitrogens with two attached hydrogens (primary N) is 1. The largest absolute Gasteiger partial charge is 0.396 e. The van der Waals surface area contributed by atoms with Gasteiger partial charge in [-0.3, -0.25) is 4.79 Å². The van der Waals surface area contributed by atoms with Gasteiger partial charge < -0.3 is 15.7 Å². The fraction of sp³-hybridized carbons (Fsp3) is 0.533. The Morgan fingerprint density at radius 1 is 1.37 bits per heavy atom. The molecular formula is C15H24N2O2. The average Bonchev–Trinajstić information content (AvgIpc) is 2.46. The molecular weight excluding hydrogens is 240 g/mol. The van der Waals surface area contributed by atoms with Crippen molar-refractivity contribution < 1.29 is 9.90 Å². The molecule has 1 amide bonds. The van der Waals surface area contributed by atoms with Gasteiger partial charge in [0.15, 0.2) is 0 Å². The lowest BCUT2D eigenvalue weighted by Crippen LogP contribution is -2.44. The Morgan fingerprint density at radius 2 is 2.05 bits per heavy atom. The first-order chi connectivity index (χ1) is 9.19. The molecule has 0 spiro atoms. The first-order valence-corrected chi connectivity index (χ1v) is 6.88. The normalized spacial score (nSPS) is 12.2. The average molecular weight is 264 g/mol. The number of hydrogen-bond donors (Lipinski definition) is 2. The topological polar surface area (TPSA) is 66.6 Å². The highest BCUT2D eigenvalue weighted by atomic mass is 16.3. The molecule has 1 atom stereocenters. The highest BCUT2D eigenvalue weighted by Gasteiger charge is 2.19. The Balaban J connectivity index is 2.42. The molecule has 0 saturated heterocycles. The van der Waals surface area contributed by atoms with Crippen LogP contribution in [0.25, 0.3) is 0 Å². The zero-order valence-corrected chi connectivity index (χ0v) is 11.6. The third kappa shape index (κ3) is 5.41. The van der Waals surface area contributed by atoms with Crippen molar-refractivity contribution in [2.75, 3.05) is 19.7 Å². The summed E-state index contributed by atoms with van der Waals surface area (Å²) in [6, 6.07) is 9.58. The first kappa shape index (κ1) is 15.7. The Kier molecular flexibility index (Phi) is 7.15. The van der Waals surface area contributed by atoms with Crippen molar-refractivity contribution in [2.45, 2.75) is 32.2 Å². The second-order valence-electron chi connectivity index (χ2n) is 4.63. The van der Waals surface area contributed by atoms with E-state index in [4.69, 9.17) is 10.8 Å². The zero-order valence-electron chi connectivity index (χ0n) is 11.6. The van der Waals surface area contributed by atoms with Gasteiger partial charge in [0.25, 0.3) is 0 Å². The van der Waals surface area contributed by atoms with Crippen LogP contribution in [0, 0.1) is 0 Å². The van der Waals surface area contributed by atoms with Crippen LogP contribution >= 0.6 is 0 Å². The summed E-state index contributed by atoms with van der Waals surface area (Å²) in [4.78, 5) is 13.8. The van der Waals surface area contributed by atoms with Crippen LogP contribution in [0.3, 0.4) is 0 Å². The lowest BCUT2D eigenvalue weighted by Gasteiger charge is -2.24. The number of aliphatic hydroxyl groups is 1. The van der Waals surface area contributed by atoms with E-state index >= 15 is 0 Å². The molecule has 0 aromatic heterocycles. The van der Waals surface area contributed by atoms with Gasteiger partial charge in [0, 0.05) is 19.7 Å². The molecule has 1 aromatic carbocycles. The number of hydrogen-bond acceptors (Lipinski definition) is 3. The number of carbonyl (C=O) groups is 1. The van der Waals surface area contributed by atoms with Crippen LogP contribution in [0.5, 0.6) is 0 Å². The standard InChI is InChI=1S/C15H24N2O2/c1-2-17(11-6-12-18)15(19)14(16)10-9-13-7-4-3-5-8-13/h3-5,7-8,14,18H,2,6,9-12,16H2,1H3. The van der Waals surface area contributed by atoms with Gasteiger partial charge in [0.1, 0.15) is 0 Å². The number of aryl methyl sites for hydroxylation is 1. The van der Waals surface area contributed by atoms with Crippen LogP contribution < -0.4 is 5.73 Å². The van der Waals surface area contributed by atoms with Crippen LogP contribution in [0.2, 0.25) is 0 Å². The lowest BCUT2D eigenvalue weighted by molar-refractivity contribution is -0.132. The fourth-order valence-electron chi connectivity index (χ4n) is 2.01. The Hall–Kier alpha value is -1.39. The molecule has 19 heavy (non-hydrogen) atoms. The number of rotatable bonds is 8. The summed E-state index contributed by atoms with van der Waals surface area (Å²) in [5.74, 6) is -0.0214. The smallest absolute Gasteiger partial charge is 0.239 e. The van der Waals surface area contributed by atoms with Gasteiger partial charge in [0.05, 0.1) is 6.04 Å². The minimum Gasteiger partial charge on any atom is -0.396 e. The predicted octanol–water partition coefficient (Wildman–Crippen LogP) is 1.18. The lowest BCUT2D eigenvalue weighted by atomic mass is 10.0. The van der Waals surface area contributed by atoms with Gasteiger partial charge in [0.2, 0.25) is 5.91 Å². The summed E-state index contributed by atoms with van der Waals surface area (Å²) >= 11 is 0. The van der Waals surface area contributed by atoms with Crippen molar-refractivity contribution in [3.63, 3.8) is 0 Å². The van der Waals surface area contributed by atoms with Crippen LogP contribution in [0.4, 0.5) is 0 Å². The fourth-order valence-corrected chi connectivity index (χ4v) is 2.01. The molecule has 1 aromatic rings. The molecule has 0 saturated carbocycles.